The van der Waals surface area contributed by atoms with E-state index in [1.54, 1.807) is 19.1 Å². The number of nitrogens with one attached hydrogen (secondary N) is 1. The summed E-state index contributed by atoms with van der Waals surface area (Å²) in [5.74, 6) is -0.252. The van der Waals surface area contributed by atoms with Gasteiger partial charge in [0.15, 0.2) is 0 Å². The summed E-state index contributed by atoms with van der Waals surface area (Å²) in [6.07, 6.45) is 0.925. The molecule has 1 aromatic rings. The predicted molar refractivity (Wildman–Crippen MR) is 63.4 cm³/mol. The highest BCUT2D eigenvalue weighted by molar-refractivity contribution is 5.89. The minimum Gasteiger partial charge on any atom is -0.478 e. The van der Waals surface area contributed by atoms with Gasteiger partial charge < -0.3 is 15.2 Å². The Balaban J connectivity index is 2.17. The molecule has 92 valence electrons. The number of pyridine rings is 1. The number of hydrogen-bond donors (Lipinski definition) is 2. The lowest BCUT2D eigenvalue weighted by atomic mass is 10.0. The van der Waals surface area contributed by atoms with Gasteiger partial charge in [0.05, 0.1) is 23.4 Å². The van der Waals surface area contributed by atoms with Crippen LogP contribution in [-0.4, -0.2) is 34.8 Å². The van der Waals surface area contributed by atoms with Crippen molar-refractivity contribution >= 4 is 11.8 Å². The second-order valence-corrected chi connectivity index (χ2v) is 4.62. The number of carboxylic acids is 1. The topological polar surface area (TPSA) is 71.5 Å². The second kappa shape index (κ2) is 4.33. The zero-order chi connectivity index (χ0) is 12.5. The molecule has 1 aliphatic heterocycles. The molecule has 0 amide bonds. The zero-order valence-electron chi connectivity index (χ0n) is 9.99. The molecule has 2 heterocycles. The molecule has 0 aromatic carbocycles. The first kappa shape index (κ1) is 11.9. The zero-order valence-corrected chi connectivity index (χ0v) is 9.99. The molecule has 0 saturated carbocycles. The van der Waals surface area contributed by atoms with Crippen LogP contribution >= 0.6 is 0 Å². The van der Waals surface area contributed by atoms with Crippen LogP contribution in [0.5, 0.6) is 0 Å². The molecule has 0 radical (unpaired) electrons. The van der Waals surface area contributed by atoms with Gasteiger partial charge in [-0.3, -0.25) is 0 Å². The Labute approximate surface area is 99.8 Å². The molecule has 0 aliphatic carbocycles. The SMILES string of the molecule is Cc1nc(NC2(C)CCOC2)ccc1C(=O)O. The van der Waals surface area contributed by atoms with Gasteiger partial charge in [0.25, 0.3) is 0 Å². The van der Waals surface area contributed by atoms with Crippen LogP contribution in [0.3, 0.4) is 0 Å². The second-order valence-electron chi connectivity index (χ2n) is 4.62. The molecule has 1 fully saturated rings. The number of aromatic carboxylic acids is 1. The van der Waals surface area contributed by atoms with Crippen molar-refractivity contribution < 1.29 is 14.6 Å². The summed E-state index contributed by atoms with van der Waals surface area (Å²) in [6.45, 7) is 5.16. The summed E-state index contributed by atoms with van der Waals surface area (Å²) in [5.41, 5.74) is 0.651. The molecule has 1 saturated heterocycles. The highest BCUT2D eigenvalue weighted by Crippen LogP contribution is 2.23. The fraction of sp³-hybridized carbons (Fsp3) is 0.500. The van der Waals surface area contributed by atoms with E-state index in [-0.39, 0.29) is 11.1 Å². The van der Waals surface area contributed by atoms with Crippen LogP contribution in [0.15, 0.2) is 12.1 Å². The third-order valence-corrected chi connectivity index (χ3v) is 2.96. The minimum absolute atomic E-state index is 0.107. The van der Waals surface area contributed by atoms with Crippen LogP contribution < -0.4 is 5.32 Å². The first-order valence-corrected chi connectivity index (χ1v) is 5.57. The number of nitrogens with zero attached hydrogens (tertiary/aromatic N) is 1. The number of rotatable bonds is 3. The molecule has 2 N–H and O–H groups in total. The number of anilines is 1. The summed E-state index contributed by atoms with van der Waals surface area (Å²) in [5, 5.41) is 12.2. The number of aryl methyl sites for hydroxylation is 1. The van der Waals surface area contributed by atoms with E-state index in [4.69, 9.17) is 9.84 Å². The Morgan fingerprint density at radius 3 is 2.88 bits per heavy atom. The van der Waals surface area contributed by atoms with Crippen molar-refractivity contribution in [2.75, 3.05) is 18.5 Å². The van der Waals surface area contributed by atoms with E-state index in [0.29, 0.717) is 18.1 Å². The smallest absolute Gasteiger partial charge is 0.337 e. The molecule has 1 unspecified atom stereocenters. The van der Waals surface area contributed by atoms with Crippen molar-refractivity contribution in [3.8, 4) is 0 Å². The van der Waals surface area contributed by atoms with Crippen molar-refractivity contribution in [1.82, 2.24) is 4.98 Å². The van der Waals surface area contributed by atoms with Crippen molar-refractivity contribution in [3.05, 3.63) is 23.4 Å². The van der Waals surface area contributed by atoms with E-state index in [0.717, 1.165) is 13.0 Å². The maximum absolute atomic E-state index is 10.9. The maximum atomic E-state index is 10.9. The van der Waals surface area contributed by atoms with Crippen molar-refractivity contribution in [2.45, 2.75) is 25.8 Å². The maximum Gasteiger partial charge on any atom is 0.337 e. The standard InChI is InChI=1S/C12H16N2O3/c1-8-9(11(15)16)3-4-10(13-8)14-12(2)5-6-17-7-12/h3-4H,5-7H2,1-2H3,(H,13,14)(H,15,16). The van der Waals surface area contributed by atoms with E-state index in [9.17, 15) is 4.79 Å². The summed E-state index contributed by atoms with van der Waals surface area (Å²) in [4.78, 5) is 15.1. The summed E-state index contributed by atoms with van der Waals surface area (Å²) in [7, 11) is 0. The van der Waals surface area contributed by atoms with Gasteiger partial charge in [-0.15, -0.1) is 0 Å². The Bertz CT molecular complexity index is 439. The highest BCUT2D eigenvalue weighted by atomic mass is 16.5. The predicted octanol–water partition coefficient (Wildman–Crippen LogP) is 1.68. The number of ether oxygens (including phenoxy) is 1. The lowest BCUT2D eigenvalue weighted by Crippen LogP contribution is -2.35. The van der Waals surface area contributed by atoms with Gasteiger partial charge in [-0.25, -0.2) is 9.78 Å². The average molecular weight is 236 g/mol. The lowest BCUT2D eigenvalue weighted by Gasteiger charge is -2.24. The molecule has 17 heavy (non-hydrogen) atoms. The van der Waals surface area contributed by atoms with Gasteiger partial charge in [-0.1, -0.05) is 0 Å². The number of carbonyl (C=O) groups is 1. The lowest BCUT2D eigenvalue weighted by molar-refractivity contribution is 0.0695. The number of carboxylic acid groups (broad SMARTS) is 1. The number of aromatic nitrogens is 1. The molecule has 5 heteroatoms. The fourth-order valence-corrected chi connectivity index (χ4v) is 1.93. The largest absolute Gasteiger partial charge is 0.478 e. The molecule has 0 spiro atoms. The van der Waals surface area contributed by atoms with Crippen LogP contribution in [0, 0.1) is 6.92 Å². The first-order valence-electron chi connectivity index (χ1n) is 5.57. The monoisotopic (exact) mass is 236 g/mol. The van der Waals surface area contributed by atoms with Gasteiger partial charge in [0.1, 0.15) is 5.82 Å². The van der Waals surface area contributed by atoms with Gasteiger partial charge in [0, 0.05) is 6.61 Å². The fourth-order valence-electron chi connectivity index (χ4n) is 1.93. The van der Waals surface area contributed by atoms with Crippen molar-refractivity contribution in [2.24, 2.45) is 0 Å². The average Bonchev–Trinajstić information content (AvgIpc) is 2.64. The van der Waals surface area contributed by atoms with E-state index >= 15 is 0 Å². The highest BCUT2D eigenvalue weighted by Gasteiger charge is 2.29. The van der Waals surface area contributed by atoms with Crippen molar-refractivity contribution in [1.29, 1.82) is 0 Å². The molecule has 2 rings (SSSR count). The Morgan fingerprint density at radius 1 is 1.59 bits per heavy atom. The Kier molecular flexibility index (Phi) is 3.02. The normalized spacial score (nSPS) is 23.6. The third-order valence-electron chi connectivity index (χ3n) is 2.96. The summed E-state index contributed by atoms with van der Waals surface area (Å²) >= 11 is 0. The van der Waals surface area contributed by atoms with Gasteiger partial charge in [-0.05, 0) is 32.4 Å². The van der Waals surface area contributed by atoms with E-state index < -0.39 is 5.97 Å². The van der Waals surface area contributed by atoms with Crippen LogP contribution in [0.1, 0.15) is 29.4 Å². The quantitative estimate of drug-likeness (QED) is 0.835. The Hall–Kier alpha value is -1.62. The summed E-state index contributed by atoms with van der Waals surface area (Å²) < 4.78 is 5.34. The molecule has 5 nitrogen and oxygen atoms in total. The van der Waals surface area contributed by atoms with E-state index in [2.05, 4.69) is 17.2 Å². The van der Waals surface area contributed by atoms with Gasteiger partial charge >= 0.3 is 5.97 Å². The molecular formula is C12H16N2O3. The van der Waals surface area contributed by atoms with Crippen LogP contribution in [-0.2, 0) is 4.74 Å². The van der Waals surface area contributed by atoms with Crippen LogP contribution in [0.2, 0.25) is 0 Å². The van der Waals surface area contributed by atoms with Gasteiger partial charge in [0.2, 0.25) is 0 Å². The molecule has 1 aromatic heterocycles. The molecule has 0 bridgehead atoms. The number of hydrogen-bond acceptors (Lipinski definition) is 4. The first-order chi connectivity index (χ1) is 8.00. The minimum atomic E-state index is -0.947. The van der Waals surface area contributed by atoms with Crippen LogP contribution in [0.25, 0.3) is 0 Å². The molecular weight excluding hydrogens is 220 g/mol. The van der Waals surface area contributed by atoms with Crippen LogP contribution in [0.4, 0.5) is 5.82 Å². The van der Waals surface area contributed by atoms with Gasteiger partial charge in [-0.2, -0.15) is 0 Å². The van der Waals surface area contributed by atoms with E-state index in [1.807, 2.05) is 0 Å². The molecule has 1 atom stereocenters. The third kappa shape index (κ3) is 2.55. The van der Waals surface area contributed by atoms with Crippen molar-refractivity contribution in [3.63, 3.8) is 0 Å². The Morgan fingerprint density at radius 2 is 2.35 bits per heavy atom. The van der Waals surface area contributed by atoms with E-state index in [1.165, 1.54) is 0 Å². The molecule has 1 aliphatic rings. The summed E-state index contributed by atoms with van der Waals surface area (Å²) in [6, 6.07) is 3.27.